The number of anilines is 1. The lowest BCUT2D eigenvalue weighted by molar-refractivity contribution is -0.141. The molecule has 0 atom stereocenters. The third-order valence-electron chi connectivity index (χ3n) is 1.88. The number of primary amides is 1. The number of aromatic nitrogens is 2. The average molecular weight is 277 g/mol. The number of alkyl halides is 3. The molecule has 0 radical (unpaired) electrons. The second kappa shape index (κ2) is 5.98. The summed E-state index contributed by atoms with van der Waals surface area (Å²) in [5.74, 6) is -0.528. The summed E-state index contributed by atoms with van der Waals surface area (Å²) in [4.78, 5) is 21.3. The van der Waals surface area contributed by atoms with Crippen LogP contribution in [0.2, 0.25) is 0 Å². The van der Waals surface area contributed by atoms with Crippen LogP contribution in [0.1, 0.15) is 12.1 Å². The van der Waals surface area contributed by atoms with Gasteiger partial charge in [0.05, 0.1) is 0 Å². The number of nitrogens with two attached hydrogens (primary N) is 1. The Balaban J connectivity index is 2.42. The SMILES string of the molecule is NC(=O)NC(=O)CCNc1ccc(C(F)(F)F)nn1. The highest BCUT2D eigenvalue weighted by Crippen LogP contribution is 2.26. The molecule has 0 saturated heterocycles. The molecule has 1 aromatic heterocycles. The molecule has 19 heavy (non-hydrogen) atoms. The van der Waals surface area contributed by atoms with Crippen molar-refractivity contribution in [1.82, 2.24) is 15.5 Å². The highest BCUT2D eigenvalue weighted by Gasteiger charge is 2.32. The van der Waals surface area contributed by atoms with Crippen molar-refractivity contribution >= 4 is 17.8 Å². The van der Waals surface area contributed by atoms with Gasteiger partial charge in [0.1, 0.15) is 5.82 Å². The van der Waals surface area contributed by atoms with Gasteiger partial charge in [0.2, 0.25) is 5.91 Å². The van der Waals surface area contributed by atoms with Crippen molar-refractivity contribution in [2.45, 2.75) is 12.6 Å². The van der Waals surface area contributed by atoms with Crippen LogP contribution in [-0.2, 0) is 11.0 Å². The van der Waals surface area contributed by atoms with Gasteiger partial charge in [-0.3, -0.25) is 10.1 Å². The highest BCUT2D eigenvalue weighted by molar-refractivity contribution is 5.93. The van der Waals surface area contributed by atoms with Gasteiger partial charge in [-0.15, -0.1) is 10.2 Å². The molecule has 3 amide bonds. The Kier molecular flexibility index (Phi) is 4.62. The van der Waals surface area contributed by atoms with Crippen molar-refractivity contribution in [2.75, 3.05) is 11.9 Å². The van der Waals surface area contributed by atoms with Crippen LogP contribution in [0, 0.1) is 0 Å². The molecule has 0 aliphatic carbocycles. The third-order valence-corrected chi connectivity index (χ3v) is 1.88. The molecule has 1 heterocycles. The van der Waals surface area contributed by atoms with E-state index in [1.54, 1.807) is 0 Å². The molecular formula is C9H10F3N5O2. The van der Waals surface area contributed by atoms with Crippen LogP contribution in [0.3, 0.4) is 0 Å². The molecule has 0 aliphatic rings. The Labute approximate surface area is 105 Å². The highest BCUT2D eigenvalue weighted by atomic mass is 19.4. The van der Waals surface area contributed by atoms with Crippen molar-refractivity contribution in [3.8, 4) is 0 Å². The largest absolute Gasteiger partial charge is 0.435 e. The van der Waals surface area contributed by atoms with Gasteiger partial charge in [0.15, 0.2) is 5.69 Å². The molecule has 0 fully saturated rings. The molecule has 0 saturated carbocycles. The van der Waals surface area contributed by atoms with Crippen LogP contribution in [-0.4, -0.2) is 28.7 Å². The van der Waals surface area contributed by atoms with Crippen LogP contribution < -0.4 is 16.4 Å². The van der Waals surface area contributed by atoms with Gasteiger partial charge < -0.3 is 11.1 Å². The fraction of sp³-hybridized carbons (Fsp3) is 0.333. The Morgan fingerprint density at radius 3 is 2.42 bits per heavy atom. The predicted molar refractivity (Wildman–Crippen MR) is 57.9 cm³/mol. The van der Waals surface area contributed by atoms with E-state index in [9.17, 15) is 22.8 Å². The van der Waals surface area contributed by atoms with Gasteiger partial charge in [-0.1, -0.05) is 0 Å². The lowest BCUT2D eigenvalue weighted by Gasteiger charge is -2.07. The van der Waals surface area contributed by atoms with E-state index in [0.717, 1.165) is 12.1 Å². The van der Waals surface area contributed by atoms with E-state index in [1.807, 2.05) is 5.32 Å². The first kappa shape index (κ1) is 14.7. The molecule has 4 N–H and O–H groups in total. The predicted octanol–water partition coefficient (Wildman–Crippen LogP) is 0.492. The fourth-order valence-electron chi connectivity index (χ4n) is 1.08. The van der Waals surface area contributed by atoms with Gasteiger partial charge >= 0.3 is 12.2 Å². The first-order valence-corrected chi connectivity index (χ1v) is 5.03. The summed E-state index contributed by atoms with van der Waals surface area (Å²) in [6.07, 6.45) is -4.64. The maximum Gasteiger partial charge on any atom is 0.435 e. The van der Waals surface area contributed by atoms with Crippen LogP contribution in [0.5, 0.6) is 0 Å². The van der Waals surface area contributed by atoms with Crippen molar-refractivity contribution in [3.05, 3.63) is 17.8 Å². The number of rotatable bonds is 4. The quantitative estimate of drug-likeness (QED) is 0.742. The Hall–Kier alpha value is -2.39. The van der Waals surface area contributed by atoms with E-state index >= 15 is 0 Å². The molecule has 0 aromatic carbocycles. The lowest BCUT2D eigenvalue weighted by atomic mass is 10.3. The number of carbonyl (C=O) groups excluding carboxylic acids is 2. The molecule has 1 rings (SSSR count). The second-order valence-corrected chi connectivity index (χ2v) is 3.39. The molecule has 0 spiro atoms. The average Bonchev–Trinajstić information content (AvgIpc) is 2.27. The maximum absolute atomic E-state index is 12.2. The third kappa shape index (κ3) is 5.19. The standard InChI is InChI=1S/C9H10F3N5O2/c10-9(11,12)5-1-2-6(17-16-5)14-4-3-7(18)15-8(13)19/h1-2H,3-4H2,(H,14,17)(H3,13,15,18,19). The Bertz CT molecular complexity index is 460. The summed E-state index contributed by atoms with van der Waals surface area (Å²) in [5, 5.41) is 10.7. The zero-order valence-electron chi connectivity index (χ0n) is 9.49. The van der Waals surface area contributed by atoms with E-state index in [-0.39, 0.29) is 18.8 Å². The molecule has 7 nitrogen and oxygen atoms in total. The first-order valence-electron chi connectivity index (χ1n) is 5.03. The minimum absolute atomic E-state index is 0.0686. The zero-order valence-corrected chi connectivity index (χ0v) is 9.49. The molecule has 0 aliphatic heterocycles. The topological polar surface area (TPSA) is 110 Å². The Morgan fingerprint density at radius 1 is 1.26 bits per heavy atom. The summed E-state index contributed by atoms with van der Waals surface area (Å²) in [7, 11) is 0. The normalized spacial score (nSPS) is 10.9. The van der Waals surface area contributed by atoms with Gasteiger partial charge in [-0.05, 0) is 12.1 Å². The number of halogens is 3. The van der Waals surface area contributed by atoms with Crippen molar-refractivity contribution < 1.29 is 22.8 Å². The summed E-state index contributed by atoms with van der Waals surface area (Å²) >= 11 is 0. The summed E-state index contributed by atoms with van der Waals surface area (Å²) in [5.41, 5.74) is 3.61. The zero-order chi connectivity index (χ0) is 14.5. The van der Waals surface area contributed by atoms with Crippen LogP contribution in [0.25, 0.3) is 0 Å². The Morgan fingerprint density at radius 2 is 1.95 bits per heavy atom. The van der Waals surface area contributed by atoms with Crippen molar-refractivity contribution in [1.29, 1.82) is 0 Å². The summed E-state index contributed by atoms with van der Waals surface area (Å²) < 4.78 is 36.5. The van der Waals surface area contributed by atoms with Crippen LogP contribution in [0.4, 0.5) is 23.8 Å². The van der Waals surface area contributed by atoms with Gasteiger partial charge in [-0.25, -0.2) is 4.79 Å². The minimum atomic E-state index is -4.55. The van der Waals surface area contributed by atoms with E-state index in [0.29, 0.717) is 0 Å². The number of hydrogen-bond acceptors (Lipinski definition) is 5. The van der Waals surface area contributed by atoms with Crippen LogP contribution in [0.15, 0.2) is 12.1 Å². The molecule has 0 bridgehead atoms. The van der Waals surface area contributed by atoms with E-state index in [4.69, 9.17) is 5.73 Å². The smallest absolute Gasteiger partial charge is 0.368 e. The lowest BCUT2D eigenvalue weighted by Crippen LogP contribution is -2.35. The molecule has 104 valence electrons. The number of carbonyl (C=O) groups is 2. The number of nitrogens with one attached hydrogen (secondary N) is 2. The number of imide groups is 1. The second-order valence-electron chi connectivity index (χ2n) is 3.39. The number of urea groups is 1. The molecular weight excluding hydrogens is 267 g/mol. The van der Waals surface area contributed by atoms with Crippen molar-refractivity contribution in [3.63, 3.8) is 0 Å². The van der Waals surface area contributed by atoms with Gasteiger partial charge in [0, 0.05) is 13.0 Å². The molecule has 10 heteroatoms. The first-order chi connectivity index (χ1) is 8.79. The maximum atomic E-state index is 12.2. The fourth-order valence-corrected chi connectivity index (χ4v) is 1.08. The van der Waals surface area contributed by atoms with E-state index in [2.05, 4.69) is 15.5 Å². The van der Waals surface area contributed by atoms with E-state index < -0.39 is 23.8 Å². The van der Waals surface area contributed by atoms with E-state index in [1.165, 1.54) is 0 Å². The molecule has 1 aromatic rings. The van der Waals surface area contributed by atoms with Crippen LogP contribution >= 0.6 is 0 Å². The number of nitrogens with zero attached hydrogens (tertiary/aromatic N) is 2. The van der Waals surface area contributed by atoms with Crippen molar-refractivity contribution in [2.24, 2.45) is 5.73 Å². The summed E-state index contributed by atoms with van der Waals surface area (Å²) in [6, 6.07) is 0.875. The number of hydrogen-bond donors (Lipinski definition) is 3. The summed E-state index contributed by atoms with van der Waals surface area (Å²) in [6.45, 7) is 0.0686. The molecule has 0 unspecified atom stereocenters. The monoisotopic (exact) mass is 277 g/mol. The number of amides is 3. The van der Waals surface area contributed by atoms with Gasteiger partial charge in [0.25, 0.3) is 0 Å². The van der Waals surface area contributed by atoms with Gasteiger partial charge in [-0.2, -0.15) is 13.2 Å². The minimum Gasteiger partial charge on any atom is -0.368 e.